The van der Waals surface area contributed by atoms with Crippen molar-refractivity contribution < 1.29 is 13.9 Å². The second-order valence-electron chi connectivity index (χ2n) is 5.56. The number of halogens is 1. The molecule has 3 atom stereocenters. The molecule has 2 fully saturated rings. The summed E-state index contributed by atoms with van der Waals surface area (Å²) in [5.74, 6) is 0.334. The molecule has 3 nitrogen and oxygen atoms in total. The van der Waals surface area contributed by atoms with E-state index < -0.39 is 6.17 Å². The molecule has 102 valence electrons. The molecule has 3 rings (SSSR count). The Balaban J connectivity index is 1.54. The summed E-state index contributed by atoms with van der Waals surface area (Å²) in [6, 6.07) is 9.60. The van der Waals surface area contributed by atoms with E-state index >= 15 is 0 Å². The monoisotopic (exact) mass is 263 g/mol. The van der Waals surface area contributed by atoms with Gasteiger partial charge in [0.1, 0.15) is 12.8 Å². The molecular formula is C15H18FNO2. The van der Waals surface area contributed by atoms with Crippen LogP contribution in [0.2, 0.25) is 0 Å². The Morgan fingerprint density at radius 3 is 2.79 bits per heavy atom. The van der Waals surface area contributed by atoms with Crippen molar-refractivity contribution in [1.82, 2.24) is 4.90 Å². The number of hydrogen-bond donors (Lipinski definition) is 0. The standard InChI is InChI=1S/C15H18FNO2/c16-14-7-12-6-13(14)9-17(8-12)15(18)19-10-11-4-2-1-3-5-11/h1-5,12-14H,6-10H2. The molecule has 1 aromatic carbocycles. The molecule has 1 saturated heterocycles. The minimum absolute atomic E-state index is 0.0167. The van der Waals surface area contributed by atoms with Crippen molar-refractivity contribution in [1.29, 1.82) is 0 Å². The van der Waals surface area contributed by atoms with Crippen molar-refractivity contribution in [3.8, 4) is 0 Å². The highest BCUT2D eigenvalue weighted by Gasteiger charge is 2.42. The molecule has 4 heteroatoms. The molecule has 19 heavy (non-hydrogen) atoms. The van der Waals surface area contributed by atoms with Gasteiger partial charge in [0.05, 0.1) is 0 Å². The molecule has 2 bridgehead atoms. The molecule has 0 aromatic heterocycles. The van der Waals surface area contributed by atoms with Gasteiger partial charge < -0.3 is 9.64 Å². The summed E-state index contributed by atoms with van der Waals surface area (Å²) < 4.78 is 18.9. The molecule has 0 N–H and O–H groups in total. The van der Waals surface area contributed by atoms with E-state index in [4.69, 9.17) is 4.74 Å². The van der Waals surface area contributed by atoms with Crippen molar-refractivity contribution in [2.24, 2.45) is 11.8 Å². The molecule has 1 aliphatic carbocycles. The van der Waals surface area contributed by atoms with E-state index in [1.807, 2.05) is 30.3 Å². The fraction of sp³-hybridized carbons (Fsp3) is 0.533. The van der Waals surface area contributed by atoms with Crippen LogP contribution in [0.5, 0.6) is 0 Å². The maximum Gasteiger partial charge on any atom is 0.410 e. The third kappa shape index (κ3) is 2.72. The largest absolute Gasteiger partial charge is 0.445 e. The molecule has 1 saturated carbocycles. The third-order valence-electron chi connectivity index (χ3n) is 4.10. The smallest absolute Gasteiger partial charge is 0.410 e. The van der Waals surface area contributed by atoms with Crippen LogP contribution in [0.3, 0.4) is 0 Å². The van der Waals surface area contributed by atoms with Gasteiger partial charge >= 0.3 is 6.09 Å². The number of benzene rings is 1. The second-order valence-corrected chi connectivity index (χ2v) is 5.56. The molecule has 0 spiro atoms. The number of ether oxygens (including phenoxy) is 1. The van der Waals surface area contributed by atoms with Gasteiger partial charge in [-0.2, -0.15) is 0 Å². The minimum atomic E-state index is -0.739. The van der Waals surface area contributed by atoms with Crippen LogP contribution in [-0.4, -0.2) is 30.3 Å². The molecular weight excluding hydrogens is 245 g/mol. The minimum Gasteiger partial charge on any atom is -0.445 e. The SMILES string of the molecule is O=C(OCc1ccccc1)N1CC2CC(F)C(C2)C1. The number of alkyl halides is 1. The van der Waals surface area contributed by atoms with Gasteiger partial charge in [-0.05, 0) is 24.3 Å². The normalized spacial score (nSPS) is 29.3. The van der Waals surface area contributed by atoms with Crippen LogP contribution in [0, 0.1) is 11.8 Å². The number of carbonyl (C=O) groups is 1. The van der Waals surface area contributed by atoms with E-state index in [0.717, 1.165) is 12.0 Å². The van der Waals surface area contributed by atoms with Crippen LogP contribution in [0.4, 0.5) is 9.18 Å². The number of fused-ring (bicyclic) bond motifs is 2. The molecule has 1 amide bonds. The average molecular weight is 263 g/mol. The zero-order valence-corrected chi connectivity index (χ0v) is 10.8. The third-order valence-corrected chi connectivity index (χ3v) is 4.10. The summed E-state index contributed by atoms with van der Waals surface area (Å²) in [6.07, 6.45) is 0.473. The highest BCUT2D eigenvalue weighted by molar-refractivity contribution is 5.67. The summed E-state index contributed by atoms with van der Waals surface area (Å²) in [6.45, 7) is 1.43. The number of hydrogen-bond acceptors (Lipinski definition) is 2. The highest BCUT2D eigenvalue weighted by atomic mass is 19.1. The van der Waals surface area contributed by atoms with Gasteiger partial charge in [-0.15, -0.1) is 0 Å². The molecule has 2 aliphatic rings. The predicted octanol–water partition coefficient (Wildman–Crippen LogP) is 3.00. The first-order chi connectivity index (χ1) is 9.22. The van der Waals surface area contributed by atoms with Crippen LogP contribution < -0.4 is 0 Å². The fourth-order valence-corrected chi connectivity index (χ4v) is 3.15. The van der Waals surface area contributed by atoms with Gasteiger partial charge in [-0.1, -0.05) is 30.3 Å². The van der Waals surface area contributed by atoms with Gasteiger partial charge in [-0.25, -0.2) is 9.18 Å². The Morgan fingerprint density at radius 2 is 2.05 bits per heavy atom. The molecule has 1 heterocycles. The lowest BCUT2D eigenvalue weighted by Crippen LogP contribution is -2.41. The quantitative estimate of drug-likeness (QED) is 0.821. The zero-order chi connectivity index (χ0) is 13.2. The Hall–Kier alpha value is -1.58. The van der Waals surface area contributed by atoms with Gasteiger partial charge in [0.2, 0.25) is 0 Å². The van der Waals surface area contributed by atoms with Crippen molar-refractivity contribution in [3.63, 3.8) is 0 Å². The van der Waals surface area contributed by atoms with Gasteiger partial charge in [-0.3, -0.25) is 0 Å². The van der Waals surface area contributed by atoms with Crippen LogP contribution in [-0.2, 0) is 11.3 Å². The van der Waals surface area contributed by atoms with E-state index in [2.05, 4.69) is 0 Å². The Labute approximate surface area is 112 Å². The van der Waals surface area contributed by atoms with Crippen LogP contribution in [0.1, 0.15) is 18.4 Å². The predicted molar refractivity (Wildman–Crippen MR) is 69.3 cm³/mol. The van der Waals surface area contributed by atoms with Gasteiger partial charge in [0.15, 0.2) is 0 Å². The number of carbonyl (C=O) groups excluding carboxylic acids is 1. The van der Waals surface area contributed by atoms with Crippen molar-refractivity contribution in [3.05, 3.63) is 35.9 Å². The van der Waals surface area contributed by atoms with Crippen LogP contribution >= 0.6 is 0 Å². The first kappa shape index (κ1) is 12.5. The lowest BCUT2D eigenvalue weighted by atomic mass is 9.99. The number of amides is 1. The van der Waals surface area contributed by atoms with Crippen molar-refractivity contribution in [2.75, 3.05) is 13.1 Å². The maximum absolute atomic E-state index is 13.6. The number of likely N-dealkylation sites (tertiary alicyclic amines) is 1. The molecule has 1 aliphatic heterocycles. The lowest BCUT2D eigenvalue weighted by molar-refractivity contribution is 0.0735. The lowest BCUT2D eigenvalue weighted by Gasteiger charge is -2.30. The molecule has 0 radical (unpaired) electrons. The fourth-order valence-electron chi connectivity index (χ4n) is 3.15. The second kappa shape index (κ2) is 5.19. The summed E-state index contributed by atoms with van der Waals surface area (Å²) in [5, 5.41) is 0. The zero-order valence-electron chi connectivity index (χ0n) is 10.8. The van der Waals surface area contributed by atoms with Crippen LogP contribution in [0.25, 0.3) is 0 Å². The highest BCUT2D eigenvalue weighted by Crippen LogP contribution is 2.38. The Kier molecular flexibility index (Phi) is 3.40. The molecule has 3 unspecified atom stereocenters. The van der Waals surface area contributed by atoms with E-state index in [1.54, 1.807) is 4.90 Å². The van der Waals surface area contributed by atoms with E-state index in [9.17, 15) is 9.18 Å². The maximum atomic E-state index is 13.6. The topological polar surface area (TPSA) is 29.5 Å². The Morgan fingerprint density at radius 1 is 1.26 bits per heavy atom. The van der Waals surface area contributed by atoms with E-state index in [1.165, 1.54) is 0 Å². The first-order valence-corrected chi connectivity index (χ1v) is 6.82. The summed E-state index contributed by atoms with van der Waals surface area (Å²) in [5.41, 5.74) is 0.971. The summed E-state index contributed by atoms with van der Waals surface area (Å²) >= 11 is 0. The average Bonchev–Trinajstić information content (AvgIpc) is 2.70. The van der Waals surface area contributed by atoms with Crippen LogP contribution in [0.15, 0.2) is 30.3 Å². The Bertz CT molecular complexity index is 449. The van der Waals surface area contributed by atoms with Crippen molar-refractivity contribution >= 4 is 6.09 Å². The van der Waals surface area contributed by atoms with E-state index in [0.29, 0.717) is 25.4 Å². The number of nitrogens with zero attached hydrogens (tertiary/aromatic N) is 1. The first-order valence-electron chi connectivity index (χ1n) is 6.82. The number of rotatable bonds is 2. The van der Waals surface area contributed by atoms with E-state index in [-0.39, 0.29) is 18.6 Å². The molecule has 1 aromatic rings. The summed E-state index contributed by atoms with van der Waals surface area (Å²) in [4.78, 5) is 13.6. The van der Waals surface area contributed by atoms with Gasteiger partial charge in [0, 0.05) is 19.0 Å². The summed E-state index contributed by atoms with van der Waals surface area (Å²) in [7, 11) is 0. The van der Waals surface area contributed by atoms with Gasteiger partial charge in [0.25, 0.3) is 0 Å². The van der Waals surface area contributed by atoms with Crippen molar-refractivity contribution in [2.45, 2.75) is 25.6 Å². The number of piperidine rings is 1.